The molecule has 2 atom stereocenters. The summed E-state index contributed by atoms with van der Waals surface area (Å²) in [6, 6.07) is 0. The molecule has 0 radical (unpaired) electrons. The van der Waals surface area contributed by atoms with E-state index in [2.05, 4.69) is 5.32 Å². The second-order valence-electron chi connectivity index (χ2n) is 3.65. The molecular formula is C10H19NO3. The summed E-state index contributed by atoms with van der Waals surface area (Å²) in [5.74, 6) is -0.151. The van der Waals surface area contributed by atoms with Crippen LogP contribution in [0.1, 0.15) is 26.2 Å². The Morgan fingerprint density at radius 3 is 2.79 bits per heavy atom. The number of rotatable bonds is 4. The Labute approximate surface area is 85.0 Å². The van der Waals surface area contributed by atoms with E-state index in [9.17, 15) is 4.79 Å². The fourth-order valence-corrected chi connectivity index (χ4v) is 1.99. The van der Waals surface area contributed by atoms with Gasteiger partial charge in [0.25, 0.3) is 0 Å². The highest BCUT2D eigenvalue weighted by Crippen LogP contribution is 2.32. The van der Waals surface area contributed by atoms with Gasteiger partial charge in [0.1, 0.15) is 5.54 Å². The highest BCUT2D eigenvalue weighted by Gasteiger charge is 2.45. The SMILES string of the molecule is CCOC(=O)C1(NC)CCC(OC)C1. The molecule has 82 valence electrons. The van der Waals surface area contributed by atoms with Crippen molar-refractivity contribution in [3.8, 4) is 0 Å². The van der Waals surface area contributed by atoms with E-state index in [-0.39, 0.29) is 12.1 Å². The molecule has 1 fully saturated rings. The van der Waals surface area contributed by atoms with Gasteiger partial charge >= 0.3 is 5.97 Å². The predicted molar refractivity (Wildman–Crippen MR) is 53.1 cm³/mol. The molecule has 0 aliphatic heterocycles. The molecule has 1 saturated carbocycles. The van der Waals surface area contributed by atoms with Gasteiger partial charge in [0.2, 0.25) is 0 Å². The molecule has 0 bridgehead atoms. The number of hydrogen-bond donors (Lipinski definition) is 1. The summed E-state index contributed by atoms with van der Waals surface area (Å²) in [6.07, 6.45) is 2.59. The fourth-order valence-electron chi connectivity index (χ4n) is 1.99. The topological polar surface area (TPSA) is 47.6 Å². The van der Waals surface area contributed by atoms with Crippen LogP contribution in [-0.4, -0.2) is 38.4 Å². The number of carbonyl (C=O) groups is 1. The second-order valence-corrected chi connectivity index (χ2v) is 3.65. The first kappa shape index (κ1) is 11.5. The van der Waals surface area contributed by atoms with Gasteiger partial charge in [0.05, 0.1) is 12.7 Å². The summed E-state index contributed by atoms with van der Waals surface area (Å²) in [7, 11) is 3.48. The van der Waals surface area contributed by atoms with E-state index in [0.29, 0.717) is 13.0 Å². The number of carbonyl (C=O) groups excluding carboxylic acids is 1. The van der Waals surface area contributed by atoms with Crippen molar-refractivity contribution in [2.45, 2.75) is 37.8 Å². The first-order valence-corrected chi connectivity index (χ1v) is 5.07. The molecule has 0 aromatic rings. The Balaban J connectivity index is 2.64. The minimum Gasteiger partial charge on any atom is -0.465 e. The van der Waals surface area contributed by atoms with Gasteiger partial charge in [0.15, 0.2) is 0 Å². The number of hydrogen-bond acceptors (Lipinski definition) is 4. The molecule has 1 rings (SSSR count). The summed E-state index contributed by atoms with van der Waals surface area (Å²) in [4.78, 5) is 11.7. The molecular weight excluding hydrogens is 182 g/mol. The molecule has 1 aliphatic carbocycles. The van der Waals surface area contributed by atoms with Gasteiger partial charge < -0.3 is 14.8 Å². The third kappa shape index (κ3) is 2.07. The number of likely N-dealkylation sites (N-methyl/N-ethyl adjacent to an activating group) is 1. The van der Waals surface area contributed by atoms with Crippen LogP contribution in [-0.2, 0) is 14.3 Å². The molecule has 2 unspecified atom stereocenters. The Hall–Kier alpha value is -0.610. The number of nitrogens with one attached hydrogen (secondary N) is 1. The van der Waals surface area contributed by atoms with Crippen molar-refractivity contribution in [3.63, 3.8) is 0 Å². The maximum atomic E-state index is 11.7. The van der Waals surface area contributed by atoms with E-state index in [1.807, 2.05) is 6.92 Å². The molecule has 0 aromatic carbocycles. The summed E-state index contributed by atoms with van der Waals surface area (Å²) in [6.45, 7) is 2.25. The quantitative estimate of drug-likeness (QED) is 0.680. The van der Waals surface area contributed by atoms with Crippen molar-refractivity contribution >= 4 is 5.97 Å². The minimum atomic E-state index is -0.517. The van der Waals surface area contributed by atoms with Gasteiger partial charge in [0, 0.05) is 13.5 Å². The van der Waals surface area contributed by atoms with E-state index in [0.717, 1.165) is 12.8 Å². The van der Waals surface area contributed by atoms with Crippen LogP contribution in [0.3, 0.4) is 0 Å². The average Bonchev–Trinajstić information content (AvgIpc) is 2.63. The lowest BCUT2D eigenvalue weighted by Crippen LogP contribution is -2.49. The summed E-state index contributed by atoms with van der Waals surface area (Å²) in [5, 5.41) is 3.07. The minimum absolute atomic E-state index is 0.151. The fraction of sp³-hybridized carbons (Fsp3) is 0.900. The van der Waals surface area contributed by atoms with Crippen molar-refractivity contribution in [2.24, 2.45) is 0 Å². The van der Waals surface area contributed by atoms with Crippen LogP contribution in [0, 0.1) is 0 Å². The van der Waals surface area contributed by atoms with Gasteiger partial charge in [-0.25, -0.2) is 0 Å². The molecule has 0 amide bonds. The van der Waals surface area contributed by atoms with Crippen molar-refractivity contribution in [2.75, 3.05) is 20.8 Å². The van der Waals surface area contributed by atoms with E-state index in [4.69, 9.17) is 9.47 Å². The molecule has 1 aliphatic rings. The van der Waals surface area contributed by atoms with Crippen molar-refractivity contribution in [1.82, 2.24) is 5.32 Å². The molecule has 4 heteroatoms. The highest BCUT2D eigenvalue weighted by molar-refractivity contribution is 5.81. The third-order valence-electron chi connectivity index (χ3n) is 2.95. The molecule has 14 heavy (non-hydrogen) atoms. The monoisotopic (exact) mass is 201 g/mol. The van der Waals surface area contributed by atoms with Gasteiger partial charge in [-0.05, 0) is 26.8 Å². The van der Waals surface area contributed by atoms with Crippen LogP contribution in [0.2, 0.25) is 0 Å². The second kappa shape index (κ2) is 4.75. The zero-order valence-corrected chi connectivity index (χ0v) is 9.13. The Bertz CT molecular complexity index is 208. The maximum absolute atomic E-state index is 11.7. The van der Waals surface area contributed by atoms with Crippen LogP contribution >= 0.6 is 0 Å². The lowest BCUT2D eigenvalue weighted by molar-refractivity contribution is -0.151. The Kier molecular flexibility index (Phi) is 3.89. The first-order valence-electron chi connectivity index (χ1n) is 5.07. The maximum Gasteiger partial charge on any atom is 0.326 e. The summed E-state index contributed by atoms with van der Waals surface area (Å²) in [5.41, 5.74) is -0.517. The predicted octanol–water partition coefficient (Wildman–Crippen LogP) is 0.707. The highest BCUT2D eigenvalue weighted by atomic mass is 16.5. The smallest absolute Gasteiger partial charge is 0.326 e. The lowest BCUT2D eigenvalue weighted by Gasteiger charge is -2.25. The van der Waals surface area contributed by atoms with Gasteiger partial charge in [-0.3, -0.25) is 4.79 Å². The van der Waals surface area contributed by atoms with Crippen molar-refractivity contribution in [3.05, 3.63) is 0 Å². The normalized spacial score (nSPS) is 31.8. The lowest BCUT2D eigenvalue weighted by atomic mass is 9.98. The van der Waals surface area contributed by atoms with Crippen LogP contribution in [0.25, 0.3) is 0 Å². The van der Waals surface area contributed by atoms with Crippen LogP contribution < -0.4 is 5.32 Å². The Morgan fingerprint density at radius 2 is 2.36 bits per heavy atom. The van der Waals surface area contributed by atoms with Gasteiger partial charge in [-0.15, -0.1) is 0 Å². The third-order valence-corrected chi connectivity index (χ3v) is 2.95. The standard InChI is InChI=1S/C10H19NO3/c1-4-14-9(12)10(11-2)6-5-8(7-10)13-3/h8,11H,4-7H2,1-3H3. The number of methoxy groups -OCH3 is 1. The van der Waals surface area contributed by atoms with Gasteiger partial charge in [-0.1, -0.05) is 0 Å². The molecule has 1 N–H and O–H groups in total. The Morgan fingerprint density at radius 1 is 1.64 bits per heavy atom. The molecule has 0 spiro atoms. The van der Waals surface area contributed by atoms with E-state index in [1.165, 1.54) is 0 Å². The molecule has 4 nitrogen and oxygen atoms in total. The molecule has 0 saturated heterocycles. The summed E-state index contributed by atoms with van der Waals surface area (Å²) >= 11 is 0. The molecule has 0 aromatic heterocycles. The van der Waals surface area contributed by atoms with E-state index < -0.39 is 5.54 Å². The average molecular weight is 201 g/mol. The van der Waals surface area contributed by atoms with Crippen molar-refractivity contribution < 1.29 is 14.3 Å². The largest absolute Gasteiger partial charge is 0.465 e. The zero-order chi connectivity index (χ0) is 10.6. The summed E-state index contributed by atoms with van der Waals surface area (Å²) < 4.78 is 10.3. The van der Waals surface area contributed by atoms with E-state index in [1.54, 1.807) is 14.2 Å². The van der Waals surface area contributed by atoms with Crippen molar-refractivity contribution in [1.29, 1.82) is 0 Å². The first-order chi connectivity index (χ1) is 6.68. The van der Waals surface area contributed by atoms with Crippen LogP contribution in [0.4, 0.5) is 0 Å². The molecule has 0 heterocycles. The van der Waals surface area contributed by atoms with E-state index >= 15 is 0 Å². The van der Waals surface area contributed by atoms with Crippen LogP contribution in [0.5, 0.6) is 0 Å². The van der Waals surface area contributed by atoms with Gasteiger partial charge in [-0.2, -0.15) is 0 Å². The number of esters is 1. The number of ether oxygens (including phenoxy) is 2. The van der Waals surface area contributed by atoms with Crippen LogP contribution in [0.15, 0.2) is 0 Å². The zero-order valence-electron chi connectivity index (χ0n) is 9.13.